The number of aromatic amines is 1. The van der Waals surface area contributed by atoms with E-state index in [1.165, 1.54) is 0 Å². The molecule has 0 saturated carbocycles. The van der Waals surface area contributed by atoms with Crippen molar-refractivity contribution in [2.75, 3.05) is 0 Å². The van der Waals surface area contributed by atoms with Gasteiger partial charge in [0.15, 0.2) is 0 Å². The van der Waals surface area contributed by atoms with Crippen molar-refractivity contribution in [2.45, 2.75) is 0 Å². The molecule has 4 aromatic rings. The Labute approximate surface area is 178 Å². The molecule has 5 nitrogen and oxygen atoms in total. The molecule has 0 spiro atoms. The average Bonchev–Trinajstić information content (AvgIpc) is 2.98. The molecule has 1 heterocycles. The first-order chi connectivity index (χ1) is 13.5. The van der Waals surface area contributed by atoms with E-state index in [0.29, 0.717) is 16.0 Å². The largest absolute Gasteiger partial charge is 0.648 e. The number of H-pyrrole nitrogens is 1. The first-order valence-electron chi connectivity index (χ1n) is 8.28. The zero-order chi connectivity index (χ0) is 19.6. The number of hydrogen-bond donors (Lipinski definition) is 1. The molecule has 142 valence electrons. The second-order valence-electron chi connectivity index (χ2n) is 5.81. The maximum Gasteiger partial charge on any atom is 0.648 e. The third-order valence-corrected chi connectivity index (χ3v) is 6.35. The maximum atomic E-state index is 13.5. The van der Waals surface area contributed by atoms with E-state index in [2.05, 4.69) is 36.8 Å². The Kier molecular flexibility index (Phi) is 5.49. The molecule has 8 heteroatoms. The first-order valence-corrected chi connectivity index (χ1v) is 11.3. The lowest BCUT2D eigenvalue weighted by Crippen LogP contribution is -2.08. The van der Waals surface area contributed by atoms with Crippen LogP contribution in [0.3, 0.4) is 0 Å². The van der Waals surface area contributed by atoms with Crippen LogP contribution in [0.2, 0.25) is 0 Å². The maximum absolute atomic E-state index is 13.5. The monoisotopic (exact) mass is 521 g/mol. The summed E-state index contributed by atoms with van der Waals surface area (Å²) in [5.74, 6) is 0.997. The summed E-state index contributed by atoms with van der Waals surface area (Å²) in [7, 11) is -4.05. The predicted octanol–water partition coefficient (Wildman–Crippen LogP) is 7.34. The van der Waals surface area contributed by atoms with Crippen LogP contribution in [-0.4, -0.2) is 4.98 Å². The molecule has 0 radical (unpaired) electrons. The molecule has 1 aromatic heterocycles. The molecule has 0 amide bonds. The Balaban J connectivity index is 1.71. The van der Waals surface area contributed by atoms with Crippen molar-refractivity contribution in [3.8, 4) is 17.4 Å². The number of para-hydroxylation sites is 2. The van der Waals surface area contributed by atoms with Crippen LogP contribution in [0.15, 0.2) is 87.8 Å². The van der Waals surface area contributed by atoms with Crippen molar-refractivity contribution in [3.05, 3.63) is 87.8 Å². The minimum absolute atomic E-state index is 0.253. The fraction of sp³-hybridized carbons (Fsp3) is 0. The van der Waals surface area contributed by atoms with Gasteiger partial charge in [0.1, 0.15) is 11.5 Å². The van der Waals surface area contributed by atoms with Crippen molar-refractivity contribution in [2.24, 2.45) is 0 Å². The molecular weight excluding hydrogens is 509 g/mol. The van der Waals surface area contributed by atoms with Crippen LogP contribution in [-0.2, 0) is 4.57 Å². The van der Waals surface area contributed by atoms with Gasteiger partial charge in [0.25, 0.3) is 0 Å². The van der Waals surface area contributed by atoms with Crippen LogP contribution in [0, 0.1) is 0 Å². The Morgan fingerprint density at radius 3 is 1.89 bits per heavy atom. The second kappa shape index (κ2) is 8.03. The highest BCUT2D eigenvalue weighted by Gasteiger charge is 2.35. The minimum Gasteiger partial charge on any atom is -0.386 e. The van der Waals surface area contributed by atoms with Gasteiger partial charge in [-0.25, -0.2) is 0 Å². The number of halogens is 2. The summed E-state index contributed by atoms with van der Waals surface area (Å²) in [6.45, 7) is 0. The molecule has 0 saturated heterocycles. The lowest BCUT2D eigenvalue weighted by atomic mass is 10.2. The molecule has 0 atom stereocenters. The third kappa shape index (κ3) is 4.27. The Morgan fingerprint density at radius 2 is 1.32 bits per heavy atom. The van der Waals surface area contributed by atoms with Gasteiger partial charge in [-0.2, -0.15) is 4.57 Å². The van der Waals surface area contributed by atoms with Gasteiger partial charge in [0.05, 0.1) is 4.47 Å². The van der Waals surface area contributed by atoms with E-state index in [4.69, 9.17) is 13.6 Å². The summed E-state index contributed by atoms with van der Waals surface area (Å²) >= 11 is 6.95. The van der Waals surface area contributed by atoms with Crippen LogP contribution in [0.25, 0.3) is 10.9 Å². The van der Waals surface area contributed by atoms with Gasteiger partial charge in [-0.15, -0.1) is 0 Å². The number of aromatic nitrogens is 1. The van der Waals surface area contributed by atoms with Crippen LogP contribution in [0.5, 0.6) is 17.4 Å². The summed E-state index contributed by atoms with van der Waals surface area (Å²) in [5.41, 5.74) is 0.816. The quantitative estimate of drug-likeness (QED) is 0.269. The van der Waals surface area contributed by atoms with E-state index in [0.717, 1.165) is 15.4 Å². The van der Waals surface area contributed by atoms with Crippen molar-refractivity contribution >= 4 is 50.6 Å². The second-order valence-corrected chi connectivity index (χ2v) is 8.96. The van der Waals surface area contributed by atoms with E-state index < -0.39 is 7.82 Å². The molecule has 0 aliphatic carbocycles. The summed E-state index contributed by atoms with van der Waals surface area (Å²) in [5, 5.41) is 0.871. The van der Waals surface area contributed by atoms with Gasteiger partial charge >= 0.3 is 7.82 Å². The standard InChI is InChI=1S/C20H14Br2NO4P/c21-14-11-12-18-17(13-14)19(22)20(23-18)27-28(24,25-15-7-3-1-4-8-15)26-16-9-5-2-6-10-16/h1-13,23H. The van der Waals surface area contributed by atoms with Gasteiger partial charge in [0, 0.05) is 15.4 Å². The highest BCUT2D eigenvalue weighted by Crippen LogP contribution is 2.51. The smallest absolute Gasteiger partial charge is 0.386 e. The molecule has 0 fully saturated rings. The fourth-order valence-electron chi connectivity index (χ4n) is 2.56. The highest BCUT2D eigenvalue weighted by molar-refractivity contribution is 9.11. The first kappa shape index (κ1) is 19.1. The molecule has 0 bridgehead atoms. The molecule has 0 aliphatic heterocycles. The summed E-state index contributed by atoms with van der Waals surface area (Å²) in [4.78, 5) is 3.10. The molecular formula is C20H14Br2NO4P. The minimum atomic E-state index is -4.05. The van der Waals surface area contributed by atoms with Gasteiger partial charge in [-0.3, -0.25) is 0 Å². The van der Waals surface area contributed by atoms with Crippen LogP contribution < -0.4 is 13.6 Å². The third-order valence-electron chi connectivity index (χ3n) is 3.79. The number of nitrogens with one attached hydrogen (secondary N) is 1. The van der Waals surface area contributed by atoms with Crippen LogP contribution in [0.1, 0.15) is 0 Å². The topological polar surface area (TPSA) is 60.6 Å². The van der Waals surface area contributed by atoms with Crippen molar-refractivity contribution in [1.82, 2.24) is 4.98 Å². The van der Waals surface area contributed by atoms with Crippen LogP contribution in [0.4, 0.5) is 0 Å². The molecule has 0 unspecified atom stereocenters. The van der Waals surface area contributed by atoms with E-state index in [1.54, 1.807) is 48.5 Å². The number of hydrogen-bond acceptors (Lipinski definition) is 4. The molecule has 28 heavy (non-hydrogen) atoms. The summed E-state index contributed by atoms with van der Waals surface area (Å²) < 4.78 is 32.1. The van der Waals surface area contributed by atoms with Gasteiger partial charge < -0.3 is 18.6 Å². The zero-order valence-electron chi connectivity index (χ0n) is 14.3. The normalized spacial score (nSPS) is 11.4. The lowest BCUT2D eigenvalue weighted by Gasteiger charge is -2.18. The van der Waals surface area contributed by atoms with E-state index in [1.807, 2.05) is 30.3 Å². The van der Waals surface area contributed by atoms with E-state index >= 15 is 0 Å². The number of rotatable bonds is 6. The summed E-state index contributed by atoms with van der Waals surface area (Å²) in [6.07, 6.45) is 0. The average molecular weight is 523 g/mol. The van der Waals surface area contributed by atoms with Crippen molar-refractivity contribution in [3.63, 3.8) is 0 Å². The Hall–Kier alpha value is -2.21. The zero-order valence-corrected chi connectivity index (χ0v) is 18.4. The highest BCUT2D eigenvalue weighted by atomic mass is 79.9. The van der Waals surface area contributed by atoms with Gasteiger partial charge in [-0.05, 0) is 58.4 Å². The predicted molar refractivity (Wildman–Crippen MR) is 116 cm³/mol. The molecule has 3 aromatic carbocycles. The van der Waals surface area contributed by atoms with Crippen molar-refractivity contribution < 1.29 is 18.1 Å². The van der Waals surface area contributed by atoms with Crippen molar-refractivity contribution in [1.29, 1.82) is 0 Å². The number of benzene rings is 3. The molecule has 4 rings (SSSR count). The summed E-state index contributed by atoms with van der Waals surface area (Å²) in [6, 6.07) is 23.2. The molecule has 1 N–H and O–H groups in total. The van der Waals surface area contributed by atoms with Crippen LogP contribution >= 0.6 is 39.7 Å². The molecule has 0 aliphatic rings. The lowest BCUT2D eigenvalue weighted by molar-refractivity contribution is 0.295. The van der Waals surface area contributed by atoms with Gasteiger partial charge in [0.2, 0.25) is 5.88 Å². The number of phosphoric ester groups is 1. The Morgan fingerprint density at radius 1 is 0.750 bits per heavy atom. The van der Waals surface area contributed by atoms with E-state index in [-0.39, 0.29) is 5.88 Å². The number of phosphoric acid groups is 1. The Bertz CT molecular complexity index is 1100. The van der Waals surface area contributed by atoms with E-state index in [9.17, 15) is 4.57 Å². The fourth-order valence-corrected chi connectivity index (χ4v) is 4.78. The van der Waals surface area contributed by atoms with Gasteiger partial charge in [-0.1, -0.05) is 52.3 Å². The SMILES string of the molecule is O=P(Oc1ccccc1)(Oc1ccccc1)Oc1[nH]c2ccc(Br)cc2c1Br. The number of fused-ring (bicyclic) bond motifs is 1.